The Hall–Kier alpha value is -1.38. The molecule has 0 bridgehead atoms. The number of fused-ring (bicyclic) bond motifs is 1. The van der Waals surface area contributed by atoms with Crippen LogP contribution in [0.2, 0.25) is 0 Å². The molecule has 2 amide bonds. The van der Waals surface area contributed by atoms with E-state index in [1.807, 2.05) is 18.7 Å². The van der Waals surface area contributed by atoms with Gasteiger partial charge in [-0.1, -0.05) is 20.8 Å². The highest BCUT2D eigenvalue weighted by Crippen LogP contribution is 2.61. The summed E-state index contributed by atoms with van der Waals surface area (Å²) >= 11 is 0. The predicted octanol–water partition coefficient (Wildman–Crippen LogP) is 1.93. The van der Waals surface area contributed by atoms with Gasteiger partial charge in [0.25, 0.3) is 0 Å². The molecule has 3 N–H and O–H groups in total. The molecular formula is C23H40N2O6. The van der Waals surface area contributed by atoms with E-state index in [0.717, 1.165) is 19.3 Å². The van der Waals surface area contributed by atoms with Crippen molar-refractivity contribution in [3.05, 3.63) is 0 Å². The lowest BCUT2D eigenvalue weighted by atomic mass is 9.46. The minimum Gasteiger partial charge on any atom is -0.446 e. The second kappa shape index (κ2) is 10.0. The van der Waals surface area contributed by atoms with Crippen LogP contribution in [0.5, 0.6) is 0 Å². The van der Waals surface area contributed by atoms with Crippen molar-refractivity contribution in [1.29, 1.82) is 0 Å². The zero-order valence-electron chi connectivity index (χ0n) is 19.3. The lowest BCUT2D eigenvalue weighted by Gasteiger charge is -2.60. The maximum absolute atomic E-state index is 13.0. The van der Waals surface area contributed by atoms with Crippen molar-refractivity contribution in [2.45, 2.75) is 71.5 Å². The van der Waals surface area contributed by atoms with Crippen LogP contribution in [0.15, 0.2) is 0 Å². The van der Waals surface area contributed by atoms with Crippen LogP contribution < -0.4 is 5.32 Å². The Morgan fingerprint density at radius 3 is 2.55 bits per heavy atom. The number of carbonyl (C=O) groups is 2. The summed E-state index contributed by atoms with van der Waals surface area (Å²) in [7, 11) is 0. The van der Waals surface area contributed by atoms with E-state index >= 15 is 0 Å². The number of aliphatic hydroxyl groups excluding tert-OH is 2. The molecule has 1 aliphatic heterocycles. The van der Waals surface area contributed by atoms with Gasteiger partial charge in [0.1, 0.15) is 6.10 Å². The third kappa shape index (κ3) is 4.86. The number of alkyl carbamates (subject to hydrolysis) is 1. The number of nitrogens with zero attached hydrogens (tertiary/aromatic N) is 1. The fourth-order valence-corrected chi connectivity index (χ4v) is 6.31. The number of morpholine rings is 1. The zero-order chi connectivity index (χ0) is 22.6. The summed E-state index contributed by atoms with van der Waals surface area (Å²) in [5, 5.41) is 24.1. The quantitative estimate of drug-likeness (QED) is 0.582. The van der Waals surface area contributed by atoms with E-state index in [-0.39, 0.29) is 29.8 Å². The molecule has 0 unspecified atom stereocenters. The van der Waals surface area contributed by atoms with Crippen molar-refractivity contribution in [2.24, 2.45) is 22.7 Å². The van der Waals surface area contributed by atoms with E-state index in [9.17, 15) is 19.8 Å². The fraction of sp³-hybridized carbons (Fsp3) is 0.913. The zero-order valence-corrected chi connectivity index (χ0v) is 19.3. The van der Waals surface area contributed by atoms with Crippen molar-refractivity contribution in [3.8, 4) is 0 Å². The molecule has 1 saturated heterocycles. The van der Waals surface area contributed by atoms with Crippen LogP contribution in [-0.2, 0) is 14.3 Å². The number of hydrogen-bond donors (Lipinski definition) is 3. The second-order valence-electron chi connectivity index (χ2n) is 10.0. The standard InChI is InChI=1S/C23H40N2O6/c1-4-9-24-21(29)31-19-7-8-22(2)16(14-20(28)25-10-12-30-13-11-25)17(27)5-6-18(22)23(19,3)15-26/h16-19,26-27H,4-15H2,1-3H3,(H,24,29)/t16-,17-,18+,19-,22+,23+/m1/s1. The average Bonchev–Trinajstić information content (AvgIpc) is 2.77. The van der Waals surface area contributed by atoms with E-state index in [1.54, 1.807) is 0 Å². The largest absolute Gasteiger partial charge is 0.446 e. The smallest absolute Gasteiger partial charge is 0.407 e. The molecule has 8 heteroatoms. The first-order chi connectivity index (χ1) is 14.8. The maximum atomic E-state index is 13.0. The number of hydrogen-bond acceptors (Lipinski definition) is 6. The summed E-state index contributed by atoms with van der Waals surface area (Å²) in [4.78, 5) is 27.1. The SMILES string of the molecule is CCCNC(=O)O[C@@H]1CC[C@]2(C)[C@H](CC[C@@H](O)[C@H]2CC(=O)N2CCOCC2)[C@]1(C)CO. The molecule has 0 radical (unpaired) electrons. The Morgan fingerprint density at radius 1 is 1.19 bits per heavy atom. The summed E-state index contributed by atoms with van der Waals surface area (Å²) < 4.78 is 11.1. The molecule has 3 fully saturated rings. The molecule has 0 aromatic carbocycles. The van der Waals surface area contributed by atoms with Gasteiger partial charge in [-0.05, 0) is 49.4 Å². The highest BCUT2D eigenvalue weighted by Gasteiger charge is 2.60. The lowest BCUT2D eigenvalue weighted by Crippen LogP contribution is -2.61. The third-order valence-corrected chi connectivity index (χ3v) is 8.20. The highest BCUT2D eigenvalue weighted by atomic mass is 16.6. The van der Waals surface area contributed by atoms with Crippen molar-refractivity contribution < 1.29 is 29.3 Å². The van der Waals surface area contributed by atoms with Crippen LogP contribution in [0.3, 0.4) is 0 Å². The predicted molar refractivity (Wildman–Crippen MR) is 115 cm³/mol. The number of rotatable bonds is 6. The summed E-state index contributed by atoms with van der Waals surface area (Å²) in [6, 6.07) is 0. The number of aliphatic hydroxyl groups is 2. The number of ether oxygens (including phenoxy) is 2. The van der Waals surface area contributed by atoms with Crippen molar-refractivity contribution in [1.82, 2.24) is 10.2 Å². The molecule has 0 aromatic rings. The molecule has 8 nitrogen and oxygen atoms in total. The molecule has 2 saturated carbocycles. The van der Waals surface area contributed by atoms with E-state index in [4.69, 9.17) is 9.47 Å². The van der Waals surface area contributed by atoms with Gasteiger partial charge in [-0.3, -0.25) is 4.79 Å². The maximum Gasteiger partial charge on any atom is 0.407 e. The van der Waals surface area contributed by atoms with Crippen LogP contribution in [-0.4, -0.2) is 78.8 Å². The van der Waals surface area contributed by atoms with Crippen LogP contribution in [0.4, 0.5) is 4.79 Å². The fourth-order valence-electron chi connectivity index (χ4n) is 6.31. The summed E-state index contributed by atoms with van der Waals surface area (Å²) in [6.07, 6.45) is 2.45. The van der Waals surface area contributed by atoms with Gasteiger partial charge < -0.3 is 29.9 Å². The van der Waals surface area contributed by atoms with Crippen molar-refractivity contribution in [2.75, 3.05) is 39.5 Å². The molecule has 31 heavy (non-hydrogen) atoms. The van der Waals surface area contributed by atoms with Gasteiger partial charge >= 0.3 is 6.09 Å². The highest BCUT2D eigenvalue weighted by molar-refractivity contribution is 5.76. The number of carbonyl (C=O) groups excluding carboxylic acids is 2. The molecular weight excluding hydrogens is 400 g/mol. The summed E-state index contributed by atoms with van der Waals surface area (Å²) in [5.74, 6) is -0.0619. The van der Waals surface area contributed by atoms with Gasteiger partial charge in [0.2, 0.25) is 5.91 Å². The summed E-state index contributed by atoms with van der Waals surface area (Å²) in [6.45, 7) is 8.89. The molecule has 1 heterocycles. The van der Waals surface area contributed by atoms with Gasteiger partial charge in [-0.2, -0.15) is 0 Å². The first-order valence-corrected chi connectivity index (χ1v) is 11.8. The van der Waals surface area contributed by atoms with Gasteiger partial charge in [0.05, 0.1) is 25.9 Å². The molecule has 0 spiro atoms. The Balaban J connectivity index is 1.77. The molecule has 3 rings (SSSR count). The normalized spacial score (nSPS) is 38.3. The number of nitrogens with one attached hydrogen (secondary N) is 1. The molecule has 178 valence electrons. The van der Waals surface area contributed by atoms with Crippen LogP contribution in [0.25, 0.3) is 0 Å². The van der Waals surface area contributed by atoms with E-state index in [1.165, 1.54) is 0 Å². The lowest BCUT2D eigenvalue weighted by molar-refractivity contribution is -0.187. The average molecular weight is 441 g/mol. The van der Waals surface area contributed by atoms with Gasteiger partial charge in [-0.15, -0.1) is 0 Å². The second-order valence-corrected chi connectivity index (χ2v) is 10.0. The molecule has 2 aliphatic carbocycles. The molecule has 3 aliphatic rings. The van der Waals surface area contributed by atoms with Gasteiger partial charge in [-0.25, -0.2) is 4.79 Å². The Bertz CT molecular complexity index is 640. The third-order valence-electron chi connectivity index (χ3n) is 8.20. The molecule has 6 atom stereocenters. The Kier molecular flexibility index (Phi) is 7.86. The van der Waals surface area contributed by atoms with Crippen LogP contribution >= 0.6 is 0 Å². The Morgan fingerprint density at radius 2 is 1.90 bits per heavy atom. The van der Waals surface area contributed by atoms with E-state index in [2.05, 4.69) is 12.2 Å². The monoisotopic (exact) mass is 440 g/mol. The first-order valence-electron chi connectivity index (χ1n) is 11.8. The summed E-state index contributed by atoms with van der Waals surface area (Å²) in [5.41, 5.74) is -0.923. The van der Waals surface area contributed by atoms with Crippen LogP contribution in [0.1, 0.15) is 59.3 Å². The van der Waals surface area contributed by atoms with Crippen molar-refractivity contribution >= 4 is 12.0 Å². The van der Waals surface area contributed by atoms with Gasteiger partial charge in [0.15, 0.2) is 0 Å². The first kappa shape index (κ1) is 24.3. The number of amides is 2. The van der Waals surface area contributed by atoms with Crippen LogP contribution in [0, 0.1) is 22.7 Å². The molecule has 0 aromatic heterocycles. The van der Waals surface area contributed by atoms with E-state index in [0.29, 0.717) is 52.1 Å². The van der Waals surface area contributed by atoms with Gasteiger partial charge in [0, 0.05) is 31.5 Å². The topological polar surface area (TPSA) is 108 Å². The minimum atomic E-state index is -0.614. The van der Waals surface area contributed by atoms with Crippen molar-refractivity contribution in [3.63, 3.8) is 0 Å². The van der Waals surface area contributed by atoms with E-state index < -0.39 is 23.7 Å². The minimum absolute atomic E-state index is 0.0496. The Labute approximate surface area is 185 Å².